The highest BCUT2D eigenvalue weighted by Crippen LogP contribution is 2.32. The molecule has 0 aliphatic heterocycles. The van der Waals surface area contributed by atoms with Crippen LogP contribution in [-0.2, 0) is 4.79 Å². The number of hydrogen-bond acceptors (Lipinski definition) is 3. The van der Waals surface area contributed by atoms with Crippen LogP contribution in [0.5, 0.6) is 0 Å². The summed E-state index contributed by atoms with van der Waals surface area (Å²) in [6, 6.07) is 0. The van der Waals surface area contributed by atoms with Crippen molar-refractivity contribution in [1.29, 1.82) is 0 Å². The van der Waals surface area contributed by atoms with Crippen molar-refractivity contribution in [2.24, 2.45) is 16.9 Å². The van der Waals surface area contributed by atoms with Gasteiger partial charge in [-0.05, 0) is 31.3 Å². The summed E-state index contributed by atoms with van der Waals surface area (Å²) >= 11 is 0. The molecule has 3 heteroatoms. The van der Waals surface area contributed by atoms with Crippen molar-refractivity contribution in [3.05, 3.63) is 0 Å². The molecule has 1 aliphatic rings. The molecule has 0 radical (unpaired) electrons. The summed E-state index contributed by atoms with van der Waals surface area (Å²) < 4.78 is 0. The monoisotopic (exact) mass is 156 g/mol. The van der Waals surface area contributed by atoms with Crippen molar-refractivity contribution >= 4 is 5.78 Å². The summed E-state index contributed by atoms with van der Waals surface area (Å²) in [4.78, 5) is 10.9. The molecule has 3 nitrogen and oxygen atoms in total. The van der Waals surface area contributed by atoms with E-state index in [4.69, 9.17) is 11.5 Å². The summed E-state index contributed by atoms with van der Waals surface area (Å²) in [5, 5.41) is 0. The molecule has 1 rings (SSSR count). The summed E-state index contributed by atoms with van der Waals surface area (Å²) in [5.41, 5.74) is 11.3. The maximum Gasteiger partial charge on any atom is 0.132 e. The van der Waals surface area contributed by atoms with E-state index in [-0.39, 0.29) is 5.41 Å². The Morgan fingerprint density at radius 2 is 1.64 bits per heavy atom. The van der Waals surface area contributed by atoms with E-state index < -0.39 is 0 Å². The Kier molecular flexibility index (Phi) is 2.62. The lowest BCUT2D eigenvalue weighted by Crippen LogP contribution is -2.41. The molecule has 11 heavy (non-hydrogen) atoms. The molecule has 0 heterocycles. The molecule has 64 valence electrons. The molecule has 0 aromatic rings. The lowest BCUT2D eigenvalue weighted by Gasteiger charge is -2.34. The van der Waals surface area contributed by atoms with E-state index in [2.05, 4.69) is 0 Å². The van der Waals surface area contributed by atoms with Crippen molar-refractivity contribution in [3.8, 4) is 0 Å². The van der Waals surface area contributed by atoms with Crippen LogP contribution >= 0.6 is 0 Å². The number of nitrogens with two attached hydrogens (primary N) is 2. The fraction of sp³-hybridized carbons (Fsp3) is 0.875. The van der Waals surface area contributed by atoms with Gasteiger partial charge in [0.1, 0.15) is 5.78 Å². The van der Waals surface area contributed by atoms with Crippen LogP contribution in [0.15, 0.2) is 0 Å². The molecule has 0 aromatic heterocycles. The van der Waals surface area contributed by atoms with Crippen molar-refractivity contribution in [3.63, 3.8) is 0 Å². The van der Waals surface area contributed by atoms with E-state index in [1.807, 2.05) is 0 Å². The SMILES string of the molecule is NCC1(CN)CCC(=O)CC1. The van der Waals surface area contributed by atoms with Gasteiger partial charge in [-0.3, -0.25) is 4.79 Å². The number of carbonyl (C=O) groups is 1. The van der Waals surface area contributed by atoms with Gasteiger partial charge >= 0.3 is 0 Å². The Bertz CT molecular complexity index is 140. The Labute approximate surface area is 67.1 Å². The van der Waals surface area contributed by atoms with Gasteiger partial charge < -0.3 is 11.5 Å². The van der Waals surface area contributed by atoms with Crippen LogP contribution in [0.25, 0.3) is 0 Å². The van der Waals surface area contributed by atoms with E-state index in [9.17, 15) is 4.79 Å². The third-order valence-electron chi connectivity index (χ3n) is 2.73. The first-order valence-electron chi connectivity index (χ1n) is 4.14. The number of carbonyl (C=O) groups excluding carboxylic acids is 1. The first kappa shape index (κ1) is 8.68. The molecule has 1 saturated carbocycles. The summed E-state index contributed by atoms with van der Waals surface area (Å²) in [6.07, 6.45) is 3.13. The molecule has 0 aromatic carbocycles. The van der Waals surface area contributed by atoms with E-state index in [0.717, 1.165) is 12.8 Å². The van der Waals surface area contributed by atoms with Gasteiger partial charge in [0, 0.05) is 12.8 Å². The molecule has 4 N–H and O–H groups in total. The molecule has 0 spiro atoms. The second-order valence-corrected chi connectivity index (χ2v) is 3.45. The minimum Gasteiger partial charge on any atom is -0.330 e. The third-order valence-corrected chi connectivity index (χ3v) is 2.73. The molecule has 1 fully saturated rings. The number of Topliss-reactive ketones (excluding diaryl/α,β-unsaturated/α-hetero) is 1. The highest BCUT2D eigenvalue weighted by Gasteiger charge is 2.31. The molecule has 0 atom stereocenters. The number of rotatable bonds is 2. The largest absolute Gasteiger partial charge is 0.330 e. The Morgan fingerprint density at radius 3 is 2.00 bits per heavy atom. The molecular formula is C8H16N2O. The van der Waals surface area contributed by atoms with Gasteiger partial charge in [0.05, 0.1) is 0 Å². The normalized spacial score (nSPS) is 23.6. The standard InChI is InChI=1S/C8H16N2O/c9-5-8(6-10)3-1-7(11)2-4-8/h1-6,9-10H2. The van der Waals surface area contributed by atoms with Gasteiger partial charge in [0.25, 0.3) is 0 Å². The second-order valence-electron chi connectivity index (χ2n) is 3.45. The van der Waals surface area contributed by atoms with E-state index in [1.54, 1.807) is 0 Å². The fourth-order valence-electron chi connectivity index (χ4n) is 1.55. The van der Waals surface area contributed by atoms with Crippen LogP contribution in [0.2, 0.25) is 0 Å². The molecule has 0 saturated heterocycles. The maximum atomic E-state index is 10.9. The van der Waals surface area contributed by atoms with E-state index in [0.29, 0.717) is 31.7 Å². The van der Waals surface area contributed by atoms with Crippen LogP contribution < -0.4 is 11.5 Å². The highest BCUT2D eigenvalue weighted by atomic mass is 16.1. The first-order valence-corrected chi connectivity index (χ1v) is 4.14. The van der Waals surface area contributed by atoms with Crippen LogP contribution in [0.1, 0.15) is 25.7 Å². The fourth-order valence-corrected chi connectivity index (χ4v) is 1.55. The minimum absolute atomic E-state index is 0.0773. The second kappa shape index (κ2) is 3.32. The van der Waals surface area contributed by atoms with Crippen LogP contribution in [0, 0.1) is 5.41 Å². The van der Waals surface area contributed by atoms with Crippen molar-refractivity contribution in [2.75, 3.05) is 13.1 Å². The molecule has 0 bridgehead atoms. The quantitative estimate of drug-likeness (QED) is 0.592. The Hall–Kier alpha value is -0.410. The predicted octanol–water partition coefficient (Wildman–Crippen LogP) is 0.0333. The highest BCUT2D eigenvalue weighted by molar-refractivity contribution is 5.79. The van der Waals surface area contributed by atoms with Crippen LogP contribution in [0.4, 0.5) is 0 Å². The van der Waals surface area contributed by atoms with Crippen molar-refractivity contribution < 1.29 is 4.79 Å². The zero-order chi connectivity index (χ0) is 8.32. The first-order chi connectivity index (χ1) is 5.22. The minimum atomic E-state index is 0.0773. The maximum absolute atomic E-state index is 10.9. The van der Waals surface area contributed by atoms with Gasteiger partial charge in [-0.15, -0.1) is 0 Å². The zero-order valence-electron chi connectivity index (χ0n) is 6.81. The van der Waals surface area contributed by atoms with Gasteiger partial charge in [-0.1, -0.05) is 0 Å². The number of ketones is 1. The van der Waals surface area contributed by atoms with E-state index >= 15 is 0 Å². The average molecular weight is 156 g/mol. The summed E-state index contributed by atoms with van der Waals surface area (Å²) in [5.74, 6) is 0.363. The summed E-state index contributed by atoms with van der Waals surface area (Å²) in [6.45, 7) is 1.24. The van der Waals surface area contributed by atoms with Crippen molar-refractivity contribution in [2.45, 2.75) is 25.7 Å². The smallest absolute Gasteiger partial charge is 0.132 e. The average Bonchev–Trinajstić information content (AvgIpc) is 2.07. The molecule has 0 amide bonds. The topological polar surface area (TPSA) is 69.1 Å². The predicted molar refractivity (Wildman–Crippen MR) is 44.0 cm³/mol. The lowest BCUT2D eigenvalue weighted by molar-refractivity contribution is -0.122. The molecule has 1 aliphatic carbocycles. The molecular weight excluding hydrogens is 140 g/mol. The zero-order valence-corrected chi connectivity index (χ0v) is 6.81. The Morgan fingerprint density at radius 1 is 1.18 bits per heavy atom. The van der Waals surface area contributed by atoms with Crippen molar-refractivity contribution in [1.82, 2.24) is 0 Å². The van der Waals surface area contributed by atoms with Gasteiger partial charge in [-0.2, -0.15) is 0 Å². The van der Waals surface area contributed by atoms with Gasteiger partial charge in [-0.25, -0.2) is 0 Å². The van der Waals surface area contributed by atoms with E-state index in [1.165, 1.54) is 0 Å². The lowest BCUT2D eigenvalue weighted by atomic mass is 9.74. The third kappa shape index (κ3) is 1.79. The number of hydrogen-bond donors (Lipinski definition) is 2. The van der Waals surface area contributed by atoms with Crippen LogP contribution in [-0.4, -0.2) is 18.9 Å². The van der Waals surface area contributed by atoms with Gasteiger partial charge in [0.15, 0.2) is 0 Å². The summed E-state index contributed by atoms with van der Waals surface area (Å²) in [7, 11) is 0. The van der Waals surface area contributed by atoms with Crippen LogP contribution in [0.3, 0.4) is 0 Å². The Balaban J connectivity index is 2.52. The molecule has 0 unspecified atom stereocenters. The van der Waals surface area contributed by atoms with Gasteiger partial charge in [0.2, 0.25) is 0 Å².